The summed E-state index contributed by atoms with van der Waals surface area (Å²) in [4.78, 5) is 12.3. The van der Waals surface area contributed by atoms with Crippen LogP contribution in [0, 0.1) is 0 Å². The van der Waals surface area contributed by atoms with Crippen LogP contribution in [0.15, 0.2) is 29.2 Å². The van der Waals surface area contributed by atoms with Gasteiger partial charge < -0.3 is 23.9 Å². The number of hydrogen-bond acceptors (Lipinski definition) is 5. The summed E-state index contributed by atoms with van der Waals surface area (Å²) >= 11 is 0. The molecule has 0 saturated carbocycles. The molecule has 6 nitrogen and oxygen atoms in total. The largest absolute Gasteiger partial charge is 0.493 e. The highest BCUT2D eigenvalue weighted by Crippen LogP contribution is 2.41. The first kappa shape index (κ1) is 20.4. The third-order valence-electron chi connectivity index (χ3n) is 5.21. The minimum atomic E-state index is -0.250. The molecule has 1 aliphatic heterocycles. The second-order valence-electron chi connectivity index (χ2n) is 6.94. The lowest BCUT2D eigenvalue weighted by atomic mass is 9.90. The molecule has 1 atom stereocenters. The van der Waals surface area contributed by atoms with E-state index in [1.165, 1.54) is 0 Å². The van der Waals surface area contributed by atoms with Crippen molar-refractivity contribution in [1.29, 1.82) is 0 Å². The maximum Gasteiger partial charge on any atom is 0.187 e. The summed E-state index contributed by atoms with van der Waals surface area (Å²) < 4.78 is 19.0. The number of pyridine rings is 1. The van der Waals surface area contributed by atoms with Crippen LogP contribution >= 0.6 is 0 Å². The fraction of sp³-hybridized carbons (Fsp3) is 0.500. The quantitative estimate of drug-likeness (QED) is 0.669. The van der Waals surface area contributed by atoms with Crippen LogP contribution in [-0.4, -0.2) is 36.6 Å². The number of aromatic nitrogens is 1. The van der Waals surface area contributed by atoms with Gasteiger partial charge in [-0.2, -0.15) is 0 Å². The lowest BCUT2D eigenvalue weighted by Gasteiger charge is -2.31. The number of nitrogens with zero attached hydrogens (tertiary/aromatic N) is 1. The van der Waals surface area contributed by atoms with Crippen molar-refractivity contribution in [2.24, 2.45) is 0 Å². The van der Waals surface area contributed by atoms with Gasteiger partial charge in [0.1, 0.15) is 0 Å². The van der Waals surface area contributed by atoms with Gasteiger partial charge >= 0.3 is 0 Å². The van der Waals surface area contributed by atoms with Crippen LogP contribution in [0.2, 0.25) is 0 Å². The van der Waals surface area contributed by atoms with Crippen LogP contribution in [0.1, 0.15) is 43.9 Å². The van der Waals surface area contributed by atoms with Crippen LogP contribution in [0.3, 0.4) is 0 Å². The van der Waals surface area contributed by atoms with Crippen molar-refractivity contribution in [3.63, 3.8) is 0 Å². The molecule has 0 saturated heterocycles. The fourth-order valence-corrected chi connectivity index (χ4v) is 3.69. The molecule has 2 aromatic rings. The maximum absolute atomic E-state index is 12.3. The van der Waals surface area contributed by atoms with E-state index in [1.54, 1.807) is 19.4 Å². The Morgan fingerprint density at radius 3 is 2.68 bits per heavy atom. The molecular weight excluding hydrogens is 358 g/mol. The molecule has 0 radical (unpaired) electrons. The van der Waals surface area contributed by atoms with Gasteiger partial charge in [0.05, 0.1) is 26.0 Å². The van der Waals surface area contributed by atoms with E-state index in [2.05, 4.69) is 11.5 Å². The maximum atomic E-state index is 12.3. The molecule has 0 bridgehead atoms. The molecule has 3 rings (SSSR count). The van der Waals surface area contributed by atoms with Gasteiger partial charge in [0.15, 0.2) is 16.9 Å². The predicted octanol–water partition coefficient (Wildman–Crippen LogP) is 3.33. The smallest absolute Gasteiger partial charge is 0.187 e. The number of aliphatic hydroxyl groups is 1. The van der Waals surface area contributed by atoms with Gasteiger partial charge in [-0.15, -0.1) is 0 Å². The van der Waals surface area contributed by atoms with Crippen LogP contribution in [-0.2, 0) is 17.8 Å². The second-order valence-corrected chi connectivity index (χ2v) is 6.94. The Bertz CT molecular complexity index is 874. The molecule has 1 aromatic heterocycles. The Labute approximate surface area is 165 Å². The zero-order chi connectivity index (χ0) is 20.1. The minimum absolute atomic E-state index is 0.147. The number of hydrogen-bond donors (Lipinski definition) is 1. The van der Waals surface area contributed by atoms with Crippen molar-refractivity contribution < 1.29 is 19.3 Å². The number of ether oxygens (including phenoxy) is 3. The predicted molar refractivity (Wildman–Crippen MR) is 108 cm³/mol. The van der Waals surface area contributed by atoms with E-state index in [0.29, 0.717) is 31.1 Å². The Hall–Kier alpha value is -2.31. The summed E-state index contributed by atoms with van der Waals surface area (Å²) in [6.07, 6.45) is 4.37. The molecule has 1 unspecified atom stereocenters. The number of aliphatic hydroxyl groups excluding tert-OH is 1. The van der Waals surface area contributed by atoms with E-state index in [4.69, 9.17) is 14.2 Å². The highest BCUT2D eigenvalue weighted by atomic mass is 16.5. The Morgan fingerprint density at radius 2 is 2.00 bits per heavy atom. The van der Waals surface area contributed by atoms with Gasteiger partial charge in [0, 0.05) is 49.1 Å². The highest BCUT2D eigenvalue weighted by Gasteiger charge is 2.25. The van der Waals surface area contributed by atoms with Gasteiger partial charge in [-0.25, -0.2) is 0 Å². The van der Waals surface area contributed by atoms with E-state index in [1.807, 2.05) is 19.1 Å². The molecule has 1 aromatic carbocycles. The Balaban J connectivity index is 1.97. The molecule has 0 aliphatic carbocycles. The van der Waals surface area contributed by atoms with Gasteiger partial charge in [-0.3, -0.25) is 4.79 Å². The third kappa shape index (κ3) is 4.08. The lowest BCUT2D eigenvalue weighted by Crippen LogP contribution is -2.23. The van der Waals surface area contributed by atoms with E-state index in [0.717, 1.165) is 41.8 Å². The van der Waals surface area contributed by atoms with Crippen molar-refractivity contribution >= 4 is 0 Å². The SMILES string of the molecule is CCOCCCOc1cc2c(cc1OC)-c1cc(=O)c(CO)cn1C(CC)C2. The van der Waals surface area contributed by atoms with Gasteiger partial charge in [-0.05, 0) is 37.5 Å². The van der Waals surface area contributed by atoms with E-state index >= 15 is 0 Å². The van der Waals surface area contributed by atoms with Gasteiger partial charge in [-0.1, -0.05) is 6.92 Å². The monoisotopic (exact) mass is 387 g/mol. The van der Waals surface area contributed by atoms with E-state index in [-0.39, 0.29) is 18.1 Å². The van der Waals surface area contributed by atoms with Gasteiger partial charge in [0.25, 0.3) is 0 Å². The van der Waals surface area contributed by atoms with Crippen molar-refractivity contribution in [3.8, 4) is 22.8 Å². The summed E-state index contributed by atoms with van der Waals surface area (Å²) in [5, 5.41) is 9.47. The fourth-order valence-electron chi connectivity index (χ4n) is 3.69. The summed E-state index contributed by atoms with van der Waals surface area (Å²) in [6, 6.07) is 5.83. The average Bonchev–Trinajstić information content (AvgIpc) is 2.71. The summed E-state index contributed by atoms with van der Waals surface area (Å²) in [7, 11) is 1.62. The van der Waals surface area contributed by atoms with Crippen LogP contribution in [0.25, 0.3) is 11.3 Å². The number of fused-ring (bicyclic) bond motifs is 3. The first-order valence-corrected chi connectivity index (χ1v) is 9.90. The number of rotatable bonds is 9. The third-order valence-corrected chi connectivity index (χ3v) is 5.21. The molecule has 0 spiro atoms. The van der Waals surface area contributed by atoms with Crippen LogP contribution < -0.4 is 14.9 Å². The molecule has 1 aliphatic rings. The summed E-state index contributed by atoms with van der Waals surface area (Å²) in [5.74, 6) is 1.37. The summed E-state index contributed by atoms with van der Waals surface area (Å²) in [6.45, 7) is 5.79. The van der Waals surface area contributed by atoms with Crippen LogP contribution in [0.5, 0.6) is 11.5 Å². The average molecular weight is 387 g/mol. The van der Waals surface area contributed by atoms with E-state index in [9.17, 15) is 9.90 Å². The number of methoxy groups -OCH3 is 1. The van der Waals surface area contributed by atoms with E-state index < -0.39 is 0 Å². The second kappa shape index (κ2) is 9.26. The molecule has 6 heteroatoms. The van der Waals surface area contributed by atoms with Crippen LogP contribution in [0.4, 0.5) is 0 Å². The summed E-state index contributed by atoms with van der Waals surface area (Å²) in [5.41, 5.74) is 3.25. The molecule has 0 fully saturated rings. The minimum Gasteiger partial charge on any atom is -0.493 e. The van der Waals surface area contributed by atoms with Gasteiger partial charge in [0.2, 0.25) is 0 Å². The molecule has 0 amide bonds. The Morgan fingerprint density at radius 1 is 1.18 bits per heavy atom. The standard InChI is InChI=1S/C22H29NO5/c1-4-17-9-15-10-22(28-8-6-7-27-5-2)21(26-3)11-18(15)19-12-20(25)16(14-24)13-23(17)19/h10-13,17,24H,4-9,14H2,1-3H3. The highest BCUT2D eigenvalue weighted by molar-refractivity contribution is 5.70. The van der Waals surface area contributed by atoms with Crippen molar-refractivity contribution in [3.05, 3.63) is 45.7 Å². The molecule has 2 heterocycles. The first-order valence-electron chi connectivity index (χ1n) is 9.90. The van der Waals surface area contributed by atoms with Crippen molar-refractivity contribution in [1.82, 2.24) is 4.57 Å². The Kier molecular flexibility index (Phi) is 6.75. The topological polar surface area (TPSA) is 69.9 Å². The molecular formula is C22H29NO5. The zero-order valence-corrected chi connectivity index (χ0v) is 16.9. The normalized spacial score (nSPS) is 15.1. The molecule has 1 N–H and O–H groups in total. The molecule has 28 heavy (non-hydrogen) atoms. The van der Waals surface area contributed by atoms with Crippen molar-refractivity contribution in [2.75, 3.05) is 26.9 Å². The zero-order valence-electron chi connectivity index (χ0n) is 16.9. The molecule has 152 valence electrons. The lowest BCUT2D eigenvalue weighted by molar-refractivity contribution is 0.130. The number of benzene rings is 1. The first-order chi connectivity index (χ1) is 13.6. The van der Waals surface area contributed by atoms with Crippen molar-refractivity contribution in [2.45, 2.75) is 45.8 Å².